The predicted molar refractivity (Wildman–Crippen MR) is 81.6 cm³/mol. The number of aryl methyl sites for hydroxylation is 1. The minimum absolute atomic E-state index is 0.343. The summed E-state index contributed by atoms with van der Waals surface area (Å²) in [5.74, 6) is 0.0683. The first kappa shape index (κ1) is 15.3. The maximum Gasteiger partial charge on any atom is 0.338 e. The average Bonchev–Trinajstić information content (AvgIpc) is 2.53. The minimum Gasteiger partial charge on any atom is -0.495 e. The van der Waals surface area contributed by atoms with E-state index in [1.165, 1.54) is 13.3 Å². The lowest BCUT2D eigenvalue weighted by atomic mass is 10.2. The molecule has 2 rings (SSSR count). The second-order valence-electron chi connectivity index (χ2n) is 4.48. The number of carbonyl (C=O) groups excluding carboxylic acids is 2. The largest absolute Gasteiger partial charge is 0.495 e. The van der Waals surface area contributed by atoms with E-state index in [2.05, 4.69) is 21.2 Å². The van der Waals surface area contributed by atoms with Crippen molar-refractivity contribution >= 4 is 17.6 Å². The molecule has 0 radical (unpaired) electrons. The van der Waals surface area contributed by atoms with Gasteiger partial charge in [0.25, 0.3) is 5.91 Å². The zero-order valence-corrected chi connectivity index (χ0v) is 12.2. The Bertz CT molecular complexity index is 674. The van der Waals surface area contributed by atoms with Gasteiger partial charge in [0.1, 0.15) is 5.75 Å². The van der Waals surface area contributed by atoms with Crippen molar-refractivity contribution in [2.24, 2.45) is 0 Å². The summed E-state index contributed by atoms with van der Waals surface area (Å²) >= 11 is 0. The summed E-state index contributed by atoms with van der Waals surface area (Å²) in [6.45, 7) is 1.90. The topological polar surface area (TPSA) is 92.4 Å². The van der Waals surface area contributed by atoms with Crippen molar-refractivity contribution in [2.45, 2.75) is 6.92 Å². The van der Waals surface area contributed by atoms with E-state index < -0.39 is 11.9 Å². The van der Waals surface area contributed by atoms with Gasteiger partial charge in [-0.3, -0.25) is 15.2 Å². The highest BCUT2D eigenvalue weighted by Gasteiger charge is 2.09. The van der Waals surface area contributed by atoms with Crippen LogP contribution in [0, 0.1) is 6.92 Å². The smallest absolute Gasteiger partial charge is 0.338 e. The molecule has 1 aromatic heterocycles. The second-order valence-corrected chi connectivity index (χ2v) is 4.48. The van der Waals surface area contributed by atoms with E-state index in [4.69, 9.17) is 4.74 Å². The molecule has 3 amide bonds. The molecule has 3 N–H and O–H groups in total. The van der Waals surface area contributed by atoms with Crippen LogP contribution in [0.4, 0.5) is 10.5 Å². The molecule has 7 nitrogen and oxygen atoms in total. The molecule has 0 unspecified atom stereocenters. The number of benzene rings is 1. The Balaban J connectivity index is 1.94. The molecule has 0 spiro atoms. The van der Waals surface area contributed by atoms with E-state index in [-0.39, 0.29) is 0 Å². The molecule has 0 aliphatic rings. The molecule has 0 saturated carbocycles. The molecule has 2 aromatic rings. The Morgan fingerprint density at radius 2 is 2.00 bits per heavy atom. The van der Waals surface area contributed by atoms with Gasteiger partial charge >= 0.3 is 6.03 Å². The average molecular weight is 300 g/mol. The molecule has 0 aliphatic carbocycles. The van der Waals surface area contributed by atoms with E-state index >= 15 is 0 Å². The molecule has 1 heterocycles. The molecule has 0 atom stereocenters. The summed E-state index contributed by atoms with van der Waals surface area (Å²) in [5.41, 5.74) is 6.38. The van der Waals surface area contributed by atoms with Gasteiger partial charge in [-0.1, -0.05) is 6.07 Å². The number of hydrogen-bond donors (Lipinski definition) is 3. The highest BCUT2D eigenvalue weighted by molar-refractivity contribution is 5.97. The summed E-state index contributed by atoms with van der Waals surface area (Å²) in [6.07, 6.45) is 2.96. The second kappa shape index (κ2) is 7.07. The predicted octanol–water partition coefficient (Wildman–Crippen LogP) is 1.87. The zero-order chi connectivity index (χ0) is 15.9. The van der Waals surface area contributed by atoms with Crippen LogP contribution in [0.3, 0.4) is 0 Å². The van der Waals surface area contributed by atoms with Crippen LogP contribution in [0.15, 0.2) is 42.7 Å². The Hall–Kier alpha value is -3.09. The highest BCUT2D eigenvalue weighted by Crippen LogP contribution is 2.24. The number of aromatic nitrogens is 1. The molecule has 114 valence electrons. The van der Waals surface area contributed by atoms with E-state index in [1.807, 2.05) is 13.0 Å². The van der Waals surface area contributed by atoms with Crippen molar-refractivity contribution in [1.29, 1.82) is 0 Å². The third-order valence-electron chi connectivity index (χ3n) is 2.82. The Morgan fingerprint density at radius 3 is 2.68 bits per heavy atom. The third kappa shape index (κ3) is 3.95. The molecular formula is C15H16N4O3. The number of carbonyl (C=O) groups is 2. The summed E-state index contributed by atoms with van der Waals surface area (Å²) in [7, 11) is 1.51. The van der Waals surface area contributed by atoms with Gasteiger partial charge in [-0.25, -0.2) is 10.2 Å². The Morgan fingerprint density at radius 1 is 1.18 bits per heavy atom. The summed E-state index contributed by atoms with van der Waals surface area (Å²) in [5, 5.41) is 2.60. The summed E-state index contributed by atoms with van der Waals surface area (Å²) < 4.78 is 5.16. The molecule has 0 saturated heterocycles. The highest BCUT2D eigenvalue weighted by atomic mass is 16.5. The van der Waals surface area contributed by atoms with Crippen LogP contribution in [-0.4, -0.2) is 24.0 Å². The molecule has 7 heteroatoms. The molecular weight excluding hydrogens is 284 g/mol. The fraction of sp³-hybridized carbons (Fsp3) is 0.133. The van der Waals surface area contributed by atoms with Crippen molar-refractivity contribution < 1.29 is 14.3 Å². The quantitative estimate of drug-likeness (QED) is 0.754. The monoisotopic (exact) mass is 300 g/mol. The van der Waals surface area contributed by atoms with E-state index in [9.17, 15) is 9.59 Å². The fourth-order valence-corrected chi connectivity index (χ4v) is 1.76. The zero-order valence-electron chi connectivity index (χ0n) is 12.2. The van der Waals surface area contributed by atoms with Gasteiger partial charge < -0.3 is 10.1 Å². The van der Waals surface area contributed by atoms with E-state index in [1.54, 1.807) is 30.5 Å². The van der Waals surface area contributed by atoms with Gasteiger partial charge in [-0.2, -0.15) is 0 Å². The Kier molecular flexibility index (Phi) is 4.92. The van der Waals surface area contributed by atoms with Crippen LogP contribution in [0.1, 0.15) is 15.9 Å². The fourth-order valence-electron chi connectivity index (χ4n) is 1.76. The number of amides is 3. The lowest BCUT2D eigenvalue weighted by Gasteiger charge is -2.12. The van der Waals surface area contributed by atoms with E-state index in [0.29, 0.717) is 17.0 Å². The van der Waals surface area contributed by atoms with Crippen molar-refractivity contribution in [2.75, 3.05) is 12.4 Å². The van der Waals surface area contributed by atoms with Crippen LogP contribution in [0.5, 0.6) is 5.75 Å². The number of anilines is 1. The normalized spacial score (nSPS) is 9.73. The van der Waals surface area contributed by atoms with Gasteiger partial charge in [-0.05, 0) is 36.8 Å². The van der Waals surface area contributed by atoms with Gasteiger partial charge in [0.2, 0.25) is 0 Å². The maximum absolute atomic E-state index is 11.8. The van der Waals surface area contributed by atoms with Crippen LogP contribution in [0.2, 0.25) is 0 Å². The van der Waals surface area contributed by atoms with Crippen molar-refractivity contribution in [3.8, 4) is 5.75 Å². The van der Waals surface area contributed by atoms with Crippen LogP contribution in [-0.2, 0) is 0 Å². The van der Waals surface area contributed by atoms with Crippen molar-refractivity contribution in [3.63, 3.8) is 0 Å². The number of nitrogens with one attached hydrogen (secondary N) is 3. The first-order chi connectivity index (χ1) is 10.6. The first-order valence-electron chi connectivity index (χ1n) is 6.52. The number of pyridine rings is 1. The number of nitrogens with zero attached hydrogens (tertiary/aromatic N) is 1. The molecule has 1 aromatic carbocycles. The van der Waals surface area contributed by atoms with Crippen LogP contribution < -0.4 is 20.9 Å². The standard InChI is InChI=1S/C15H16N4O3/c1-10-5-6-13(22-2)12(8-10)17-15(21)19-18-14(20)11-4-3-7-16-9-11/h3-9H,1-2H3,(H,18,20)(H2,17,19,21). The van der Waals surface area contributed by atoms with Gasteiger partial charge in [0, 0.05) is 12.4 Å². The summed E-state index contributed by atoms with van der Waals surface area (Å²) in [6, 6.07) is 8.02. The van der Waals surface area contributed by atoms with Crippen molar-refractivity contribution in [3.05, 3.63) is 53.9 Å². The lowest BCUT2D eigenvalue weighted by Crippen LogP contribution is -2.44. The minimum atomic E-state index is -0.582. The summed E-state index contributed by atoms with van der Waals surface area (Å²) in [4.78, 5) is 27.4. The number of rotatable bonds is 3. The SMILES string of the molecule is COc1ccc(C)cc1NC(=O)NNC(=O)c1cccnc1. The van der Waals surface area contributed by atoms with Crippen LogP contribution >= 0.6 is 0 Å². The van der Waals surface area contributed by atoms with Crippen molar-refractivity contribution in [1.82, 2.24) is 15.8 Å². The van der Waals surface area contributed by atoms with Gasteiger partial charge in [0.15, 0.2) is 0 Å². The Labute approximate surface area is 127 Å². The number of hydrazine groups is 1. The molecule has 0 fully saturated rings. The first-order valence-corrected chi connectivity index (χ1v) is 6.52. The number of hydrogen-bond acceptors (Lipinski definition) is 4. The third-order valence-corrected chi connectivity index (χ3v) is 2.82. The maximum atomic E-state index is 11.8. The number of ether oxygens (including phenoxy) is 1. The molecule has 22 heavy (non-hydrogen) atoms. The van der Waals surface area contributed by atoms with Gasteiger partial charge in [0.05, 0.1) is 18.4 Å². The lowest BCUT2D eigenvalue weighted by molar-refractivity contribution is 0.0937. The number of urea groups is 1. The molecule has 0 bridgehead atoms. The van der Waals surface area contributed by atoms with Gasteiger partial charge in [-0.15, -0.1) is 0 Å². The number of methoxy groups -OCH3 is 1. The van der Waals surface area contributed by atoms with Crippen LogP contribution in [0.25, 0.3) is 0 Å². The van der Waals surface area contributed by atoms with E-state index in [0.717, 1.165) is 5.56 Å². The molecule has 0 aliphatic heterocycles.